The van der Waals surface area contributed by atoms with Crippen LogP contribution in [0.15, 0.2) is 22.7 Å². The fourth-order valence-electron chi connectivity index (χ4n) is 1.27. The second-order valence-corrected chi connectivity index (χ2v) is 4.37. The maximum absolute atomic E-state index is 7.35. The van der Waals surface area contributed by atoms with Gasteiger partial charge in [0.25, 0.3) is 0 Å². The molecule has 0 saturated heterocycles. The molecular weight excluding hydrogens is 284 g/mol. The van der Waals surface area contributed by atoms with Crippen LogP contribution in [0.1, 0.15) is 18.9 Å². The first kappa shape index (κ1) is 14.0. The summed E-state index contributed by atoms with van der Waals surface area (Å²) in [4.78, 5) is 0. The molecule has 3 N–H and O–H groups in total. The summed E-state index contributed by atoms with van der Waals surface area (Å²) >= 11 is 3.35. The molecule has 0 aliphatic carbocycles. The van der Waals surface area contributed by atoms with Crippen molar-refractivity contribution in [2.45, 2.75) is 13.3 Å². The van der Waals surface area contributed by atoms with Crippen molar-refractivity contribution < 1.29 is 9.47 Å². The van der Waals surface area contributed by atoms with Gasteiger partial charge in [-0.25, -0.2) is 0 Å². The molecular formula is C12H17BrN2O2. The normalized spacial score (nSPS) is 10.2. The van der Waals surface area contributed by atoms with Crippen LogP contribution in [0.3, 0.4) is 0 Å². The van der Waals surface area contributed by atoms with E-state index < -0.39 is 0 Å². The molecule has 0 amide bonds. The van der Waals surface area contributed by atoms with Crippen LogP contribution in [-0.4, -0.2) is 25.7 Å². The molecule has 0 radical (unpaired) electrons. The average molecular weight is 301 g/mol. The van der Waals surface area contributed by atoms with E-state index in [1.54, 1.807) is 18.2 Å². The van der Waals surface area contributed by atoms with Gasteiger partial charge in [0.15, 0.2) is 0 Å². The quantitative estimate of drug-likeness (QED) is 0.462. The van der Waals surface area contributed by atoms with E-state index in [4.69, 9.17) is 20.6 Å². The molecule has 1 rings (SSSR count). The van der Waals surface area contributed by atoms with Crippen molar-refractivity contribution in [2.24, 2.45) is 5.73 Å². The van der Waals surface area contributed by atoms with Gasteiger partial charge in [0.2, 0.25) is 0 Å². The van der Waals surface area contributed by atoms with Gasteiger partial charge in [-0.05, 0) is 40.5 Å². The Labute approximate surface area is 110 Å². The molecule has 94 valence electrons. The zero-order chi connectivity index (χ0) is 12.7. The van der Waals surface area contributed by atoms with E-state index in [2.05, 4.69) is 22.9 Å². The monoisotopic (exact) mass is 300 g/mol. The Balaban J connectivity index is 2.45. The highest BCUT2D eigenvalue weighted by molar-refractivity contribution is 9.10. The molecule has 0 bridgehead atoms. The van der Waals surface area contributed by atoms with Crippen LogP contribution in [0, 0.1) is 5.41 Å². The number of halogens is 1. The average Bonchev–Trinajstić information content (AvgIpc) is 2.28. The number of nitrogens with one attached hydrogen (secondary N) is 1. The van der Waals surface area contributed by atoms with Gasteiger partial charge in [0, 0.05) is 16.6 Å². The lowest BCUT2D eigenvalue weighted by Crippen LogP contribution is -2.12. The van der Waals surface area contributed by atoms with Crippen molar-refractivity contribution in [3.8, 4) is 5.75 Å². The Kier molecular flexibility index (Phi) is 6.00. The highest BCUT2D eigenvalue weighted by atomic mass is 79.9. The third-order valence-electron chi connectivity index (χ3n) is 2.08. The van der Waals surface area contributed by atoms with Crippen molar-refractivity contribution in [1.82, 2.24) is 0 Å². The first-order valence-corrected chi connectivity index (χ1v) is 6.29. The molecule has 0 saturated carbocycles. The minimum atomic E-state index is 0.0368. The van der Waals surface area contributed by atoms with Gasteiger partial charge in [-0.1, -0.05) is 6.92 Å². The van der Waals surface area contributed by atoms with Gasteiger partial charge in [0.05, 0.1) is 6.61 Å². The highest BCUT2D eigenvalue weighted by Crippen LogP contribution is 2.22. The van der Waals surface area contributed by atoms with E-state index in [-0.39, 0.29) is 5.84 Å². The lowest BCUT2D eigenvalue weighted by Gasteiger charge is -2.08. The van der Waals surface area contributed by atoms with Crippen molar-refractivity contribution in [2.75, 3.05) is 19.8 Å². The van der Waals surface area contributed by atoms with Crippen LogP contribution in [0.5, 0.6) is 5.75 Å². The molecule has 4 nitrogen and oxygen atoms in total. The third-order valence-corrected chi connectivity index (χ3v) is 2.73. The summed E-state index contributed by atoms with van der Waals surface area (Å²) in [5.74, 6) is 0.775. The Morgan fingerprint density at radius 2 is 2.12 bits per heavy atom. The molecule has 17 heavy (non-hydrogen) atoms. The first-order chi connectivity index (χ1) is 8.15. The van der Waals surface area contributed by atoms with Crippen LogP contribution in [0.25, 0.3) is 0 Å². The van der Waals surface area contributed by atoms with Gasteiger partial charge >= 0.3 is 0 Å². The summed E-state index contributed by atoms with van der Waals surface area (Å²) < 4.78 is 11.6. The summed E-state index contributed by atoms with van der Waals surface area (Å²) in [6.45, 7) is 3.93. The summed E-state index contributed by atoms with van der Waals surface area (Å²) in [5.41, 5.74) is 6.08. The van der Waals surface area contributed by atoms with E-state index in [1.165, 1.54) is 0 Å². The number of hydrogen-bond donors (Lipinski definition) is 2. The van der Waals surface area contributed by atoms with E-state index >= 15 is 0 Å². The van der Waals surface area contributed by atoms with Crippen LogP contribution >= 0.6 is 15.9 Å². The van der Waals surface area contributed by atoms with Crippen molar-refractivity contribution in [1.29, 1.82) is 5.41 Å². The molecule has 0 aliphatic rings. The van der Waals surface area contributed by atoms with Crippen LogP contribution in [0.2, 0.25) is 0 Å². The predicted octanol–water partition coefficient (Wildman–Crippen LogP) is 2.54. The summed E-state index contributed by atoms with van der Waals surface area (Å²) in [7, 11) is 0. The number of amidine groups is 1. The van der Waals surface area contributed by atoms with Crippen LogP contribution < -0.4 is 10.5 Å². The number of hydrogen-bond acceptors (Lipinski definition) is 3. The molecule has 1 aromatic rings. The number of nitrogen functional groups attached to an aromatic ring is 1. The smallest absolute Gasteiger partial charge is 0.123 e. The molecule has 0 aromatic heterocycles. The van der Waals surface area contributed by atoms with E-state index in [0.717, 1.165) is 23.2 Å². The lowest BCUT2D eigenvalue weighted by atomic mass is 10.2. The fourth-order valence-corrected chi connectivity index (χ4v) is 1.84. The van der Waals surface area contributed by atoms with Gasteiger partial charge < -0.3 is 15.2 Å². The second kappa shape index (κ2) is 7.29. The minimum Gasteiger partial charge on any atom is -0.491 e. The van der Waals surface area contributed by atoms with E-state index in [0.29, 0.717) is 18.8 Å². The van der Waals surface area contributed by atoms with Crippen LogP contribution in [0.4, 0.5) is 0 Å². The Morgan fingerprint density at radius 3 is 2.71 bits per heavy atom. The summed E-state index contributed by atoms with van der Waals surface area (Å²) in [6, 6.07) is 5.35. The molecule has 0 fully saturated rings. The lowest BCUT2D eigenvalue weighted by molar-refractivity contribution is 0.101. The van der Waals surface area contributed by atoms with Gasteiger partial charge in [-0.15, -0.1) is 0 Å². The standard InChI is InChI=1S/C12H17BrN2O2/c1-2-5-16-6-7-17-9-3-4-10(12(14)15)11(13)8-9/h3-4,8H,2,5-7H2,1H3,(H3,14,15). The van der Waals surface area contributed by atoms with Gasteiger partial charge in [-0.3, -0.25) is 5.41 Å². The van der Waals surface area contributed by atoms with E-state index in [9.17, 15) is 0 Å². The first-order valence-electron chi connectivity index (χ1n) is 5.49. The largest absolute Gasteiger partial charge is 0.491 e. The van der Waals surface area contributed by atoms with Gasteiger partial charge in [-0.2, -0.15) is 0 Å². The maximum atomic E-state index is 7.35. The molecule has 0 aliphatic heterocycles. The zero-order valence-electron chi connectivity index (χ0n) is 9.83. The molecule has 1 aromatic carbocycles. The highest BCUT2D eigenvalue weighted by Gasteiger charge is 2.04. The number of rotatable bonds is 7. The van der Waals surface area contributed by atoms with Crippen molar-refractivity contribution in [3.05, 3.63) is 28.2 Å². The Morgan fingerprint density at radius 1 is 1.35 bits per heavy atom. The second-order valence-electron chi connectivity index (χ2n) is 3.52. The predicted molar refractivity (Wildman–Crippen MR) is 71.8 cm³/mol. The Hall–Kier alpha value is -1.07. The number of nitrogens with two attached hydrogens (primary N) is 1. The van der Waals surface area contributed by atoms with Crippen molar-refractivity contribution >= 4 is 21.8 Å². The topological polar surface area (TPSA) is 68.3 Å². The third kappa shape index (κ3) is 4.75. The molecule has 0 unspecified atom stereocenters. The van der Waals surface area contributed by atoms with E-state index in [1.807, 2.05) is 0 Å². The zero-order valence-corrected chi connectivity index (χ0v) is 11.4. The molecule has 0 spiro atoms. The molecule has 5 heteroatoms. The minimum absolute atomic E-state index is 0.0368. The van der Waals surface area contributed by atoms with Crippen LogP contribution in [-0.2, 0) is 4.74 Å². The molecule has 0 heterocycles. The fraction of sp³-hybridized carbons (Fsp3) is 0.417. The molecule has 0 atom stereocenters. The SMILES string of the molecule is CCCOCCOc1ccc(C(=N)N)c(Br)c1. The maximum Gasteiger partial charge on any atom is 0.123 e. The van der Waals surface area contributed by atoms with Crippen molar-refractivity contribution in [3.63, 3.8) is 0 Å². The Bertz CT molecular complexity index is 383. The number of benzene rings is 1. The number of ether oxygens (including phenoxy) is 2. The van der Waals surface area contributed by atoms with Gasteiger partial charge in [0.1, 0.15) is 18.2 Å². The summed E-state index contributed by atoms with van der Waals surface area (Å²) in [6.07, 6.45) is 1.01. The summed E-state index contributed by atoms with van der Waals surface area (Å²) in [5, 5.41) is 7.35.